The molecular weight excluding hydrogens is 310 g/mol. The fourth-order valence-electron chi connectivity index (χ4n) is 2.34. The van der Waals surface area contributed by atoms with Gasteiger partial charge in [-0.15, -0.1) is 23.1 Å². The highest BCUT2D eigenvalue weighted by Gasteiger charge is 2.13. The first-order chi connectivity index (χ1) is 10.6. The van der Waals surface area contributed by atoms with Crippen LogP contribution in [0.5, 0.6) is 0 Å². The summed E-state index contributed by atoms with van der Waals surface area (Å²) in [6, 6.07) is 8.48. The number of hydrogen-bond donors (Lipinski definition) is 1. The molecule has 0 saturated carbocycles. The van der Waals surface area contributed by atoms with Gasteiger partial charge in [0, 0.05) is 22.6 Å². The van der Waals surface area contributed by atoms with Crippen LogP contribution in [0.1, 0.15) is 27.4 Å². The van der Waals surface area contributed by atoms with Crippen molar-refractivity contribution in [1.82, 2.24) is 9.97 Å². The second kappa shape index (κ2) is 6.36. The molecule has 22 heavy (non-hydrogen) atoms. The molecule has 0 spiro atoms. The first-order valence-electron chi connectivity index (χ1n) is 7.23. The lowest BCUT2D eigenvalue weighted by molar-refractivity contribution is 1.01. The van der Waals surface area contributed by atoms with Gasteiger partial charge in [-0.2, -0.15) is 0 Å². The summed E-state index contributed by atoms with van der Waals surface area (Å²) in [5.74, 6) is 1.75. The average molecular weight is 329 g/mol. The number of nitrogens with zero attached hydrogens (tertiary/aromatic N) is 2. The van der Waals surface area contributed by atoms with Crippen LogP contribution < -0.4 is 5.73 Å². The Kier molecular flexibility index (Phi) is 4.47. The zero-order chi connectivity index (χ0) is 15.7. The summed E-state index contributed by atoms with van der Waals surface area (Å²) in [6.45, 7) is 6.86. The van der Waals surface area contributed by atoms with Gasteiger partial charge in [0.2, 0.25) is 0 Å². The third-order valence-electron chi connectivity index (χ3n) is 3.74. The summed E-state index contributed by atoms with van der Waals surface area (Å²) < 4.78 is 0. The van der Waals surface area contributed by atoms with Gasteiger partial charge in [0.05, 0.1) is 0 Å². The zero-order valence-corrected chi connectivity index (χ0v) is 14.6. The Morgan fingerprint density at radius 1 is 1.05 bits per heavy atom. The van der Waals surface area contributed by atoms with Crippen LogP contribution in [0.4, 0.5) is 0 Å². The van der Waals surface area contributed by atoms with Crippen LogP contribution in [0.2, 0.25) is 0 Å². The summed E-state index contributed by atoms with van der Waals surface area (Å²) in [6.07, 6.45) is 0. The number of benzene rings is 1. The van der Waals surface area contributed by atoms with Crippen LogP contribution in [-0.2, 0) is 12.3 Å². The summed E-state index contributed by atoms with van der Waals surface area (Å²) in [7, 11) is 0. The lowest BCUT2D eigenvalue weighted by atomic mass is 10.1. The molecule has 3 rings (SSSR count). The van der Waals surface area contributed by atoms with E-state index in [1.807, 2.05) is 6.92 Å². The highest BCUT2D eigenvalue weighted by atomic mass is 32.2. The van der Waals surface area contributed by atoms with Gasteiger partial charge >= 0.3 is 0 Å². The van der Waals surface area contributed by atoms with E-state index >= 15 is 0 Å². The van der Waals surface area contributed by atoms with Gasteiger partial charge in [-0.1, -0.05) is 24.3 Å². The average Bonchev–Trinajstić information content (AvgIpc) is 2.80. The smallest absolute Gasteiger partial charge is 0.128 e. The van der Waals surface area contributed by atoms with Gasteiger partial charge in [-0.05, 0) is 37.5 Å². The van der Waals surface area contributed by atoms with Crippen LogP contribution in [0.3, 0.4) is 0 Å². The summed E-state index contributed by atoms with van der Waals surface area (Å²) >= 11 is 3.54. The zero-order valence-electron chi connectivity index (χ0n) is 13.0. The fraction of sp³-hybridized carbons (Fsp3) is 0.294. The Hall–Kier alpha value is -1.43. The van der Waals surface area contributed by atoms with Crippen LogP contribution >= 0.6 is 23.1 Å². The molecule has 0 aliphatic carbocycles. The van der Waals surface area contributed by atoms with E-state index in [0.717, 1.165) is 21.4 Å². The van der Waals surface area contributed by atoms with Crippen molar-refractivity contribution in [3.8, 4) is 0 Å². The Labute approximate surface area is 139 Å². The van der Waals surface area contributed by atoms with Crippen molar-refractivity contribution < 1.29 is 0 Å². The molecule has 2 heterocycles. The van der Waals surface area contributed by atoms with E-state index in [1.54, 1.807) is 23.1 Å². The molecule has 5 heteroatoms. The van der Waals surface area contributed by atoms with E-state index < -0.39 is 0 Å². The number of aryl methyl sites for hydroxylation is 3. The number of fused-ring (bicyclic) bond motifs is 1. The van der Waals surface area contributed by atoms with Gasteiger partial charge in [-0.25, -0.2) is 9.97 Å². The van der Waals surface area contributed by atoms with Gasteiger partial charge < -0.3 is 5.73 Å². The molecule has 0 radical (unpaired) electrons. The van der Waals surface area contributed by atoms with Gasteiger partial charge in [-0.3, -0.25) is 0 Å². The Bertz CT molecular complexity index is 807. The van der Waals surface area contributed by atoms with E-state index in [0.29, 0.717) is 6.54 Å². The van der Waals surface area contributed by atoms with Crippen molar-refractivity contribution in [2.45, 2.75) is 38.1 Å². The predicted octanol–water partition coefficient (Wildman–Crippen LogP) is 4.37. The van der Waals surface area contributed by atoms with E-state index in [-0.39, 0.29) is 0 Å². The molecule has 114 valence electrons. The SMILES string of the molecule is Cc1nc(SCc2ccc(CN)cc2)c2c(C)c(C)sc2n1. The van der Waals surface area contributed by atoms with E-state index in [9.17, 15) is 0 Å². The molecule has 0 saturated heterocycles. The molecule has 3 nitrogen and oxygen atoms in total. The summed E-state index contributed by atoms with van der Waals surface area (Å²) in [4.78, 5) is 11.7. The third-order valence-corrected chi connectivity index (χ3v) is 5.89. The maximum absolute atomic E-state index is 5.64. The normalized spacial score (nSPS) is 11.3. The molecular formula is C17H19N3S2. The fourth-order valence-corrected chi connectivity index (χ4v) is 4.57. The number of nitrogens with two attached hydrogens (primary N) is 1. The van der Waals surface area contributed by atoms with Crippen molar-refractivity contribution in [3.63, 3.8) is 0 Å². The second-order valence-electron chi connectivity index (χ2n) is 5.35. The molecule has 0 fully saturated rings. The topological polar surface area (TPSA) is 51.8 Å². The maximum Gasteiger partial charge on any atom is 0.128 e. The van der Waals surface area contributed by atoms with Crippen LogP contribution in [0.15, 0.2) is 29.3 Å². The Balaban J connectivity index is 1.89. The number of hydrogen-bond acceptors (Lipinski definition) is 5. The van der Waals surface area contributed by atoms with Crippen LogP contribution in [-0.4, -0.2) is 9.97 Å². The van der Waals surface area contributed by atoms with E-state index in [2.05, 4.69) is 48.1 Å². The van der Waals surface area contributed by atoms with E-state index in [4.69, 9.17) is 5.73 Å². The first kappa shape index (κ1) is 15.5. The molecule has 1 aromatic carbocycles. The lowest BCUT2D eigenvalue weighted by Gasteiger charge is -2.06. The van der Waals surface area contributed by atoms with Gasteiger partial charge in [0.15, 0.2) is 0 Å². The van der Waals surface area contributed by atoms with E-state index in [1.165, 1.54) is 27.0 Å². The minimum Gasteiger partial charge on any atom is -0.326 e. The largest absolute Gasteiger partial charge is 0.326 e. The third kappa shape index (κ3) is 3.02. The van der Waals surface area contributed by atoms with Crippen molar-refractivity contribution in [1.29, 1.82) is 0 Å². The first-order valence-corrected chi connectivity index (χ1v) is 9.03. The number of thiophene rings is 1. The molecule has 2 N–H and O–H groups in total. The quantitative estimate of drug-likeness (QED) is 0.570. The second-order valence-corrected chi connectivity index (χ2v) is 7.52. The summed E-state index contributed by atoms with van der Waals surface area (Å²) in [5, 5.41) is 2.31. The molecule has 2 aromatic heterocycles. The van der Waals surface area contributed by atoms with Crippen LogP contribution in [0, 0.1) is 20.8 Å². The molecule has 0 aliphatic heterocycles. The molecule has 3 aromatic rings. The minimum atomic E-state index is 0.590. The van der Waals surface area contributed by atoms with Crippen molar-refractivity contribution in [2.24, 2.45) is 5.73 Å². The van der Waals surface area contributed by atoms with Crippen LogP contribution in [0.25, 0.3) is 10.2 Å². The highest BCUT2D eigenvalue weighted by Crippen LogP contribution is 2.36. The van der Waals surface area contributed by atoms with Gasteiger partial charge in [0.25, 0.3) is 0 Å². The number of rotatable bonds is 4. The maximum atomic E-state index is 5.64. The number of thioether (sulfide) groups is 1. The Morgan fingerprint density at radius 3 is 2.41 bits per heavy atom. The standard InChI is InChI=1S/C17H19N3S2/c1-10-11(2)22-17-15(10)16(19-12(3)20-17)21-9-14-6-4-13(8-18)5-7-14/h4-7H,8-9,18H2,1-3H3. The van der Waals surface area contributed by atoms with Crippen molar-refractivity contribution in [3.05, 3.63) is 51.7 Å². The lowest BCUT2D eigenvalue weighted by Crippen LogP contribution is -1.96. The monoisotopic (exact) mass is 329 g/mol. The molecule has 0 unspecified atom stereocenters. The predicted molar refractivity (Wildman–Crippen MR) is 95.5 cm³/mol. The van der Waals surface area contributed by atoms with Crippen molar-refractivity contribution >= 4 is 33.3 Å². The number of aromatic nitrogens is 2. The molecule has 0 bridgehead atoms. The Morgan fingerprint density at radius 2 is 1.73 bits per heavy atom. The molecule has 0 atom stereocenters. The molecule has 0 aliphatic rings. The highest BCUT2D eigenvalue weighted by molar-refractivity contribution is 7.98. The van der Waals surface area contributed by atoms with Gasteiger partial charge in [0.1, 0.15) is 15.7 Å². The summed E-state index contributed by atoms with van der Waals surface area (Å²) in [5.41, 5.74) is 9.40. The molecule has 0 amide bonds. The van der Waals surface area contributed by atoms with Crippen molar-refractivity contribution in [2.75, 3.05) is 0 Å². The minimum absolute atomic E-state index is 0.590.